The molecule has 4 aromatic rings. The minimum absolute atomic E-state index is 0. The Kier molecular flexibility index (Phi) is 7.84. The molecular formula is C24H25ClN4O3S. The molecular weight excluding hydrogens is 460 g/mol. The number of nitrogens with zero attached hydrogens (tertiary/aromatic N) is 4. The molecule has 0 spiro atoms. The number of fused-ring (bicyclic) bond motifs is 1. The molecule has 33 heavy (non-hydrogen) atoms. The van der Waals surface area contributed by atoms with Crippen molar-refractivity contribution in [2.75, 3.05) is 18.6 Å². The van der Waals surface area contributed by atoms with E-state index in [9.17, 15) is 9.59 Å². The van der Waals surface area contributed by atoms with Crippen molar-refractivity contribution in [2.24, 2.45) is 0 Å². The van der Waals surface area contributed by atoms with Gasteiger partial charge in [0.2, 0.25) is 0 Å². The molecule has 7 nitrogen and oxygen atoms in total. The second kappa shape index (κ2) is 10.6. The summed E-state index contributed by atoms with van der Waals surface area (Å²) in [5.74, 6) is -0.585. The van der Waals surface area contributed by atoms with E-state index in [1.54, 1.807) is 41.7 Å². The van der Waals surface area contributed by atoms with Gasteiger partial charge in [-0.3, -0.25) is 9.69 Å². The smallest absolute Gasteiger partial charge is 0.337 e. The molecule has 2 heterocycles. The molecule has 0 aliphatic heterocycles. The number of hydrogen-bond acceptors (Lipinski definition) is 6. The zero-order valence-electron chi connectivity index (χ0n) is 18.6. The van der Waals surface area contributed by atoms with Gasteiger partial charge < -0.3 is 9.30 Å². The summed E-state index contributed by atoms with van der Waals surface area (Å²) in [6.07, 6.45) is 6.16. The van der Waals surface area contributed by atoms with Gasteiger partial charge in [-0.15, -0.1) is 12.4 Å². The van der Waals surface area contributed by atoms with Crippen molar-refractivity contribution in [2.45, 2.75) is 26.8 Å². The van der Waals surface area contributed by atoms with Gasteiger partial charge in [0.1, 0.15) is 0 Å². The number of imidazole rings is 1. The van der Waals surface area contributed by atoms with Gasteiger partial charge >= 0.3 is 5.97 Å². The molecule has 0 aliphatic carbocycles. The number of hydrogen-bond donors (Lipinski definition) is 0. The Morgan fingerprint density at radius 1 is 1.09 bits per heavy atom. The molecule has 9 heteroatoms. The number of carbonyl (C=O) groups is 2. The van der Waals surface area contributed by atoms with Crippen LogP contribution < -0.4 is 4.90 Å². The maximum atomic E-state index is 13.5. The number of amides is 1. The van der Waals surface area contributed by atoms with E-state index >= 15 is 0 Å². The summed E-state index contributed by atoms with van der Waals surface area (Å²) in [6, 6.07) is 10.7. The van der Waals surface area contributed by atoms with Crippen LogP contribution >= 0.6 is 23.7 Å². The minimum atomic E-state index is -0.432. The van der Waals surface area contributed by atoms with E-state index in [2.05, 4.69) is 31.0 Å². The molecule has 0 fully saturated rings. The summed E-state index contributed by atoms with van der Waals surface area (Å²) in [7, 11) is 1.33. The molecule has 2 aromatic carbocycles. The number of methoxy groups -OCH3 is 1. The Labute approximate surface area is 202 Å². The molecule has 0 bridgehead atoms. The Balaban J connectivity index is 0.00000306. The standard InChI is InChI=1S/C24H24N4O3S.ClH/c1-16-5-10-20-21(17(16)2)26-24(32-20)28(13-4-12-27-14-11-25-15-27)22(29)18-6-8-19(9-7-18)23(30)31-3;/h5-11,14-15H,4,12-13H2,1-3H3;1H. The first kappa shape index (κ1) is 24.4. The Morgan fingerprint density at radius 2 is 1.82 bits per heavy atom. The summed E-state index contributed by atoms with van der Waals surface area (Å²) in [6.45, 7) is 5.37. The van der Waals surface area contributed by atoms with Crippen LogP contribution in [0.25, 0.3) is 10.2 Å². The van der Waals surface area contributed by atoms with Crippen molar-refractivity contribution >= 4 is 51.0 Å². The second-order valence-corrected chi connectivity index (χ2v) is 8.54. The Bertz CT molecular complexity index is 1250. The molecule has 2 aromatic heterocycles. The third-order valence-corrected chi connectivity index (χ3v) is 6.50. The normalized spacial score (nSPS) is 10.6. The molecule has 0 atom stereocenters. The van der Waals surface area contributed by atoms with Gasteiger partial charge in [0.15, 0.2) is 5.13 Å². The fourth-order valence-electron chi connectivity index (χ4n) is 3.47. The van der Waals surface area contributed by atoms with E-state index in [-0.39, 0.29) is 18.3 Å². The van der Waals surface area contributed by atoms with E-state index in [0.717, 1.165) is 28.7 Å². The van der Waals surface area contributed by atoms with Crippen molar-refractivity contribution in [3.63, 3.8) is 0 Å². The highest BCUT2D eigenvalue weighted by Crippen LogP contribution is 2.32. The zero-order chi connectivity index (χ0) is 22.7. The fourth-order valence-corrected chi connectivity index (χ4v) is 4.52. The molecule has 1 amide bonds. The average Bonchev–Trinajstić information content (AvgIpc) is 3.49. The van der Waals surface area contributed by atoms with E-state index in [4.69, 9.17) is 9.72 Å². The van der Waals surface area contributed by atoms with Gasteiger partial charge in [0, 0.05) is 31.0 Å². The van der Waals surface area contributed by atoms with Crippen molar-refractivity contribution < 1.29 is 14.3 Å². The average molecular weight is 485 g/mol. The van der Waals surface area contributed by atoms with Crippen LogP contribution in [-0.2, 0) is 11.3 Å². The molecule has 0 saturated heterocycles. The topological polar surface area (TPSA) is 77.3 Å². The number of thiazole rings is 1. The van der Waals surface area contributed by atoms with Crippen molar-refractivity contribution in [1.82, 2.24) is 14.5 Å². The third-order valence-electron chi connectivity index (χ3n) is 5.46. The maximum Gasteiger partial charge on any atom is 0.337 e. The van der Waals surface area contributed by atoms with Gasteiger partial charge in [-0.05, 0) is 61.7 Å². The quantitative estimate of drug-likeness (QED) is 0.343. The van der Waals surface area contributed by atoms with Crippen LogP contribution in [-0.4, -0.2) is 40.1 Å². The van der Waals surface area contributed by atoms with Gasteiger partial charge in [-0.2, -0.15) is 0 Å². The summed E-state index contributed by atoms with van der Waals surface area (Å²) in [5, 5.41) is 0.668. The van der Waals surface area contributed by atoms with Gasteiger partial charge in [-0.25, -0.2) is 14.8 Å². The highest BCUT2D eigenvalue weighted by Gasteiger charge is 2.22. The van der Waals surface area contributed by atoms with Gasteiger partial charge in [0.25, 0.3) is 5.91 Å². The first-order valence-corrected chi connectivity index (χ1v) is 11.1. The molecule has 0 unspecified atom stereocenters. The van der Waals surface area contributed by atoms with E-state index in [1.165, 1.54) is 24.0 Å². The van der Waals surface area contributed by atoms with E-state index < -0.39 is 5.97 Å². The maximum absolute atomic E-state index is 13.5. The second-order valence-electron chi connectivity index (χ2n) is 7.53. The SMILES string of the molecule is COC(=O)c1ccc(C(=O)N(CCCn2ccnc2)c2nc3c(C)c(C)ccc3s2)cc1.Cl. The highest BCUT2D eigenvalue weighted by molar-refractivity contribution is 7.22. The lowest BCUT2D eigenvalue weighted by Crippen LogP contribution is -2.32. The Hall–Kier alpha value is -3.23. The van der Waals surface area contributed by atoms with Gasteiger partial charge in [-0.1, -0.05) is 17.4 Å². The molecule has 0 aliphatic rings. The van der Waals surface area contributed by atoms with Crippen molar-refractivity contribution in [3.8, 4) is 0 Å². The molecule has 0 saturated carbocycles. The minimum Gasteiger partial charge on any atom is -0.465 e. The number of rotatable bonds is 7. The van der Waals surface area contributed by atoms with Crippen LogP contribution in [0.4, 0.5) is 5.13 Å². The summed E-state index contributed by atoms with van der Waals surface area (Å²) < 4.78 is 7.78. The van der Waals surface area contributed by atoms with Crippen LogP contribution in [0, 0.1) is 13.8 Å². The first-order chi connectivity index (χ1) is 15.5. The van der Waals surface area contributed by atoms with Crippen molar-refractivity contribution in [3.05, 3.63) is 77.4 Å². The highest BCUT2D eigenvalue weighted by atomic mass is 35.5. The zero-order valence-corrected chi connectivity index (χ0v) is 20.3. The number of halogens is 1. The molecule has 0 radical (unpaired) electrons. The van der Waals surface area contributed by atoms with Crippen molar-refractivity contribution in [1.29, 1.82) is 0 Å². The lowest BCUT2D eigenvalue weighted by atomic mass is 10.1. The van der Waals surface area contributed by atoms with Gasteiger partial charge in [0.05, 0.1) is 29.2 Å². The Morgan fingerprint density at radius 3 is 2.48 bits per heavy atom. The summed E-state index contributed by atoms with van der Waals surface area (Å²) in [4.78, 5) is 35.8. The predicted octanol–water partition coefficient (Wildman–Crippen LogP) is 5.06. The van der Waals surface area contributed by atoms with Crippen LogP contribution in [0.2, 0.25) is 0 Å². The first-order valence-electron chi connectivity index (χ1n) is 10.3. The van der Waals surface area contributed by atoms with E-state index in [1.807, 2.05) is 10.8 Å². The summed E-state index contributed by atoms with van der Waals surface area (Å²) >= 11 is 1.51. The number of anilines is 1. The lowest BCUT2D eigenvalue weighted by Gasteiger charge is -2.20. The van der Waals surface area contributed by atoms with Crippen LogP contribution in [0.15, 0.2) is 55.1 Å². The fraction of sp³-hybridized carbons (Fsp3) is 0.250. The number of aromatic nitrogens is 3. The predicted molar refractivity (Wildman–Crippen MR) is 133 cm³/mol. The largest absolute Gasteiger partial charge is 0.465 e. The number of benzene rings is 2. The number of esters is 1. The number of aryl methyl sites for hydroxylation is 3. The molecule has 172 valence electrons. The monoisotopic (exact) mass is 484 g/mol. The lowest BCUT2D eigenvalue weighted by molar-refractivity contribution is 0.0600. The van der Waals surface area contributed by atoms with Crippen LogP contribution in [0.5, 0.6) is 0 Å². The molecule has 4 rings (SSSR count). The number of ether oxygens (including phenoxy) is 1. The third kappa shape index (κ3) is 5.23. The number of carbonyl (C=O) groups excluding carboxylic acids is 2. The van der Waals surface area contributed by atoms with Crippen LogP contribution in [0.1, 0.15) is 38.3 Å². The van der Waals surface area contributed by atoms with Crippen LogP contribution in [0.3, 0.4) is 0 Å². The molecule has 0 N–H and O–H groups in total. The van der Waals surface area contributed by atoms with E-state index in [0.29, 0.717) is 22.8 Å². The summed E-state index contributed by atoms with van der Waals surface area (Å²) in [5.41, 5.74) is 4.12.